The topological polar surface area (TPSA) is 128 Å². The van der Waals surface area contributed by atoms with E-state index in [-0.39, 0.29) is 46.3 Å². The van der Waals surface area contributed by atoms with Crippen molar-refractivity contribution in [3.8, 4) is 17.0 Å². The summed E-state index contributed by atoms with van der Waals surface area (Å²) in [5, 5.41) is 2.24. The maximum Gasteiger partial charge on any atom is 0.416 e. The van der Waals surface area contributed by atoms with Crippen LogP contribution in [0.5, 0.6) is 5.75 Å². The second-order valence-corrected chi connectivity index (χ2v) is 10.3. The number of amides is 2. The van der Waals surface area contributed by atoms with Crippen LogP contribution in [0.3, 0.4) is 0 Å². The number of hydrogen-bond acceptors (Lipinski definition) is 7. The number of nitrogens with two attached hydrogens (primary N) is 1. The minimum atomic E-state index is -4.66. The molecule has 0 radical (unpaired) electrons. The number of anilines is 2. The van der Waals surface area contributed by atoms with Gasteiger partial charge in [0.25, 0.3) is 5.91 Å². The lowest BCUT2D eigenvalue weighted by Gasteiger charge is -2.34. The molecule has 2 aliphatic heterocycles. The van der Waals surface area contributed by atoms with Crippen LogP contribution in [-0.2, 0) is 11.0 Å². The van der Waals surface area contributed by atoms with Crippen molar-refractivity contribution in [3.63, 3.8) is 0 Å². The molecule has 2 saturated heterocycles. The van der Waals surface area contributed by atoms with Gasteiger partial charge in [0, 0.05) is 54.6 Å². The number of hydrogen-bond donors (Lipinski definition) is 2. The van der Waals surface area contributed by atoms with E-state index in [4.69, 9.17) is 15.5 Å². The van der Waals surface area contributed by atoms with E-state index in [2.05, 4.69) is 15.3 Å². The molecule has 4 aromatic rings. The Hall–Kier alpha value is -4.82. The average Bonchev–Trinajstić information content (AvgIpc) is 3.53. The number of carbonyl (C=O) groups excluding carboxylic acids is 2. The van der Waals surface area contributed by atoms with Crippen LogP contribution >= 0.6 is 0 Å². The monoisotopic (exact) mass is 601 g/mol. The maximum absolute atomic E-state index is 13.6. The van der Waals surface area contributed by atoms with E-state index in [0.717, 1.165) is 37.6 Å². The average molecular weight is 602 g/mol. The Bertz CT molecular complexity index is 1720. The summed E-state index contributed by atoms with van der Waals surface area (Å²) in [5.41, 5.74) is 5.62. The zero-order valence-electron chi connectivity index (χ0n) is 22.3. The number of aromatic nitrogens is 4. The summed E-state index contributed by atoms with van der Waals surface area (Å²) < 4.78 is 72.9. The Morgan fingerprint density at radius 3 is 2.67 bits per heavy atom. The van der Waals surface area contributed by atoms with Gasteiger partial charge >= 0.3 is 12.8 Å². The van der Waals surface area contributed by atoms with Crippen LogP contribution < -0.4 is 15.8 Å². The number of nitrogen functional groups attached to an aromatic ring is 1. The second kappa shape index (κ2) is 10.8. The Morgan fingerprint density at radius 1 is 1.09 bits per heavy atom. The Balaban J connectivity index is 1.38. The number of fused-ring (bicyclic) bond motifs is 2. The molecular formula is C28H24F5N7O3. The third-order valence-electron chi connectivity index (χ3n) is 7.74. The van der Waals surface area contributed by atoms with Gasteiger partial charge < -0.3 is 20.7 Å². The lowest BCUT2D eigenvalue weighted by molar-refractivity contribution is -0.137. The predicted molar refractivity (Wildman–Crippen MR) is 143 cm³/mol. The highest BCUT2D eigenvalue weighted by Gasteiger charge is 2.38. The molecule has 2 amide bonds. The molecule has 2 aliphatic rings. The molecule has 2 unspecified atom stereocenters. The van der Waals surface area contributed by atoms with Crippen molar-refractivity contribution >= 4 is 29.0 Å². The first-order valence-corrected chi connectivity index (χ1v) is 13.4. The summed E-state index contributed by atoms with van der Waals surface area (Å²) in [5.74, 6) is -1.13. The summed E-state index contributed by atoms with van der Waals surface area (Å²) in [6.07, 6.45) is 2.22. The number of imidazole rings is 1. The Morgan fingerprint density at radius 2 is 1.91 bits per heavy atom. The number of ether oxygens (including phenoxy) is 1. The molecule has 43 heavy (non-hydrogen) atoms. The molecule has 224 valence electrons. The van der Waals surface area contributed by atoms with E-state index in [9.17, 15) is 31.5 Å². The fourth-order valence-electron chi connectivity index (χ4n) is 5.76. The first-order chi connectivity index (χ1) is 20.5. The van der Waals surface area contributed by atoms with Gasteiger partial charge in [0.05, 0.1) is 5.56 Å². The van der Waals surface area contributed by atoms with Crippen LogP contribution in [0, 0.1) is 0 Å². The van der Waals surface area contributed by atoms with Gasteiger partial charge in [-0.3, -0.25) is 14.0 Å². The SMILES string of the molecule is Nc1nccn2c(C3CCC4CCC(=O)N4C3)nc(-c3ccc(C(=O)Nc4cc(C(F)(F)F)ccn4)cc3OC(F)F)c12. The summed E-state index contributed by atoms with van der Waals surface area (Å²) in [6.45, 7) is -2.82. The molecule has 0 bridgehead atoms. The molecular weight excluding hydrogens is 577 g/mol. The van der Waals surface area contributed by atoms with Crippen molar-refractivity contribution in [2.75, 3.05) is 17.6 Å². The fourth-order valence-corrected chi connectivity index (χ4v) is 5.76. The minimum Gasteiger partial charge on any atom is -0.434 e. The van der Waals surface area contributed by atoms with Gasteiger partial charge in [-0.05, 0) is 49.6 Å². The van der Waals surface area contributed by atoms with Crippen molar-refractivity contribution < 1.29 is 36.3 Å². The predicted octanol–water partition coefficient (Wildman–Crippen LogP) is 5.11. The first-order valence-electron chi connectivity index (χ1n) is 13.4. The lowest BCUT2D eigenvalue weighted by atomic mass is 9.92. The summed E-state index contributed by atoms with van der Waals surface area (Å²) >= 11 is 0. The Kier molecular flexibility index (Phi) is 7.10. The van der Waals surface area contributed by atoms with Crippen LogP contribution in [0.1, 0.15) is 53.3 Å². The molecule has 0 aliphatic carbocycles. The van der Waals surface area contributed by atoms with Gasteiger partial charge in [-0.2, -0.15) is 22.0 Å². The normalized spacial score (nSPS) is 18.7. The van der Waals surface area contributed by atoms with Gasteiger partial charge in [0.2, 0.25) is 5.91 Å². The standard InChI is InChI=1S/C28H24F5N7O3/c29-27(30)43-19-11-14(26(42)37-20-12-16(7-8-35-20)28(31,32)33)2-5-18(19)22-23-24(34)36-9-10-39(23)25(38-22)15-1-3-17-4-6-21(41)40(17)13-15/h2,5,7-12,15,17,27H,1,3-4,6,13H2,(H2,34,36)(H,35,37,42). The largest absolute Gasteiger partial charge is 0.434 e. The highest BCUT2D eigenvalue weighted by molar-refractivity contribution is 6.04. The van der Waals surface area contributed by atoms with Gasteiger partial charge in [-0.25, -0.2) is 15.0 Å². The molecule has 5 heterocycles. The smallest absolute Gasteiger partial charge is 0.416 e. The summed E-state index contributed by atoms with van der Waals surface area (Å²) in [4.78, 5) is 39.8. The maximum atomic E-state index is 13.6. The number of rotatable bonds is 6. The zero-order chi connectivity index (χ0) is 30.5. The Labute approximate surface area is 240 Å². The van der Waals surface area contributed by atoms with E-state index < -0.39 is 30.0 Å². The number of carbonyl (C=O) groups is 2. The molecule has 0 saturated carbocycles. The molecule has 1 aromatic carbocycles. The third-order valence-corrected chi connectivity index (χ3v) is 7.74. The summed E-state index contributed by atoms with van der Waals surface area (Å²) in [6, 6.07) is 5.26. The van der Waals surface area contributed by atoms with E-state index in [1.54, 1.807) is 10.6 Å². The molecule has 3 aromatic heterocycles. The fraction of sp³-hybridized carbons (Fsp3) is 0.321. The van der Waals surface area contributed by atoms with Crippen molar-refractivity contribution in [1.29, 1.82) is 0 Å². The number of piperidine rings is 1. The van der Waals surface area contributed by atoms with Gasteiger partial charge in [-0.1, -0.05) is 0 Å². The molecule has 6 rings (SSSR count). The number of nitrogens with zero attached hydrogens (tertiary/aromatic N) is 5. The summed E-state index contributed by atoms with van der Waals surface area (Å²) in [7, 11) is 0. The third kappa shape index (κ3) is 5.42. The van der Waals surface area contributed by atoms with E-state index in [1.165, 1.54) is 18.3 Å². The van der Waals surface area contributed by atoms with Crippen molar-refractivity contribution in [1.82, 2.24) is 24.3 Å². The van der Waals surface area contributed by atoms with Crippen LogP contribution in [0.25, 0.3) is 16.8 Å². The molecule has 15 heteroatoms. The number of nitrogens with one attached hydrogen (secondary N) is 1. The second-order valence-electron chi connectivity index (χ2n) is 10.3. The lowest BCUT2D eigenvalue weighted by Crippen LogP contribution is -2.41. The zero-order valence-corrected chi connectivity index (χ0v) is 22.3. The van der Waals surface area contributed by atoms with Crippen LogP contribution in [0.4, 0.5) is 33.6 Å². The molecule has 10 nitrogen and oxygen atoms in total. The van der Waals surface area contributed by atoms with Gasteiger partial charge in [0.15, 0.2) is 0 Å². The van der Waals surface area contributed by atoms with Crippen LogP contribution in [0.15, 0.2) is 48.9 Å². The van der Waals surface area contributed by atoms with Crippen LogP contribution in [0.2, 0.25) is 0 Å². The molecule has 3 N–H and O–H groups in total. The van der Waals surface area contributed by atoms with E-state index in [1.807, 2.05) is 4.90 Å². The molecule has 0 spiro atoms. The number of pyridine rings is 1. The first kappa shape index (κ1) is 28.3. The van der Waals surface area contributed by atoms with E-state index in [0.29, 0.717) is 30.4 Å². The minimum absolute atomic E-state index is 0.0719. The number of halogens is 5. The van der Waals surface area contributed by atoms with Gasteiger partial charge in [-0.15, -0.1) is 0 Å². The van der Waals surface area contributed by atoms with Gasteiger partial charge in [0.1, 0.15) is 34.4 Å². The van der Waals surface area contributed by atoms with E-state index >= 15 is 0 Å². The quantitative estimate of drug-likeness (QED) is 0.294. The molecule has 2 atom stereocenters. The molecule has 2 fully saturated rings. The van der Waals surface area contributed by atoms with Crippen LogP contribution in [-0.4, -0.2) is 55.3 Å². The van der Waals surface area contributed by atoms with Crippen molar-refractivity contribution in [2.45, 2.75) is 50.4 Å². The highest BCUT2D eigenvalue weighted by atomic mass is 19.4. The number of benzene rings is 1. The highest BCUT2D eigenvalue weighted by Crippen LogP contribution is 2.40. The van der Waals surface area contributed by atoms with Crippen molar-refractivity contribution in [3.05, 3.63) is 65.9 Å². The number of alkyl halides is 5. The van der Waals surface area contributed by atoms with Crippen molar-refractivity contribution in [2.24, 2.45) is 0 Å².